The molecule has 0 bridgehead atoms. The molecule has 0 atom stereocenters. The first-order valence-electron chi connectivity index (χ1n) is 4.98. The molecule has 0 amide bonds. The zero-order valence-corrected chi connectivity index (χ0v) is 9.70. The van der Waals surface area contributed by atoms with Gasteiger partial charge in [-0.15, -0.1) is 0 Å². The van der Waals surface area contributed by atoms with E-state index in [0.717, 1.165) is 5.56 Å². The van der Waals surface area contributed by atoms with Gasteiger partial charge in [-0.05, 0) is 39.3 Å². The third-order valence-corrected chi connectivity index (χ3v) is 1.98. The fourth-order valence-corrected chi connectivity index (χ4v) is 1.12. The van der Waals surface area contributed by atoms with Crippen LogP contribution in [0.1, 0.15) is 36.7 Å². The summed E-state index contributed by atoms with van der Waals surface area (Å²) in [6.45, 7) is 7.78. The molecule has 1 rings (SSSR count). The van der Waals surface area contributed by atoms with Crippen LogP contribution >= 0.6 is 0 Å². The Morgan fingerprint density at radius 3 is 2.67 bits per heavy atom. The molecule has 1 aromatic heterocycles. The molecule has 0 saturated carbocycles. The maximum Gasteiger partial charge on any atom is 0.190 e. The maximum absolute atomic E-state index is 11.7. The molecule has 0 aliphatic carbocycles. The molecular weight excluding hydrogens is 190 g/mol. The molecule has 0 aliphatic heterocycles. The average Bonchev–Trinajstić information content (AvgIpc) is 2.14. The first kappa shape index (κ1) is 11.9. The van der Waals surface area contributed by atoms with Crippen molar-refractivity contribution < 1.29 is 9.53 Å². The molecule has 0 aromatic carbocycles. The Kier molecular flexibility index (Phi) is 3.58. The third kappa shape index (κ3) is 3.80. The molecule has 0 N–H and O–H groups in total. The summed E-state index contributed by atoms with van der Waals surface area (Å²) in [5.41, 5.74) is 1.29. The van der Waals surface area contributed by atoms with Crippen molar-refractivity contribution in [2.45, 2.75) is 33.3 Å². The minimum absolute atomic E-state index is 0.0180. The maximum atomic E-state index is 11.7. The molecule has 0 saturated heterocycles. The van der Waals surface area contributed by atoms with Gasteiger partial charge in [0.05, 0.1) is 5.60 Å². The number of carbonyl (C=O) groups excluding carboxylic acids is 1. The Morgan fingerprint density at radius 1 is 1.47 bits per heavy atom. The molecule has 0 radical (unpaired) electrons. The van der Waals surface area contributed by atoms with E-state index >= 15 is 0 Å². The van der Waals surface area contributed by atoms with Crippen molar-refractivity contribution >= 4 is 5.78 Å². The highest BCUT2D eigenvalue weighted by Gasteiger charge is 2.15. The molecule has 3 nitrogen and oxygen atoms in total. The van der Waals surface area contributed by atoms with Gasteiger partial charge in [-0.25, -0.2) is 0 Å². The lowest BCUT2D eigenvalue weighted by Crippen LogP contribution is -2.24. The summed E-state index contributed by atoms with van der Waals surface area (Å²) < 4.78 is 5.42. The first-order chi connectivity index (χ1) is 6.90. The van der Waals surface area contributed by atoms with E-state index in [1.165, 1.54) is 0 Å². The summed E-state index contributed by atoms with van der Waals surface area (Å²) in [6.07, 6.45) is 3.26. The Hall–Kier alpha value is -1.22. The van der Waals surface area contributed by atoms with Crippen molar-refractivity contribution in [2.75, 3.05) is 6.61 Å². The van der Waals surface area contributed by atoms with E-state index in [4.69, 9.17) is 4.74 Å². The van der Waals surface area contributed by atoms with Gasteiger partial charge in [0.15, 0.2) is 5.78 Å². The van der Waals surface area contributed by atoms with E-state index < -0.39 is 0 Å². The standard InChI is InChI=1S/C12H17NO2/c1-9-5-6-13-7-10(9)11(14)8-15-12(2,3)4/h5-7H,8H2,1-4H3. The third-order valence-electron chi connectivity index (χ3n) is 1.98. The fourth-order valence-electron chi connectivity index (χ4n) is 1.12. The molecule has 1 heterocycles. The van der Waals surface area contributed by atoms with Crippen molar-refractivity contribution in [2.24, 2.45) is 0 Å². The van der Waals surface area contributed by atoms with Crippen LogP contribution in [0, 0.1) is 6.92 Å². The lowest BCUT2D eigenvalue weighted by molar-refractivity contribution is 0.00302. The lowest BCUT2D eigenvalue weighted by Gasteiger charge is -2.18. The van der Waals surface area contributed by atoms with E-state index in [9.17, 15) is 4.79 Å². The van der Waals surface area contributed by atoms with E-state index in [1.807, 2.05) is 33.8 Å². The summed E-state index contributed by atoms with van der Waals surface area (Å²) in [4.78, 5) is 15.7. The minimum atomic E-state index is -0.286. The minimum Gasteiger partial charge on any atom is -0.368 e. The highest BCUT2D eigenvalue weighted by molar-refractivity contribution is 5.98. The molecule has 82 valence electrons. The van der Waals surface area contributed by atoms with Crippen LogP contribution in [0.4, 0.5) is 0 Å². The molecule has 15 heavy (non-hydrogen) atoms. The number of aryl methyl sites for hydroxylation is 1. The number of aromatic nitrogens is 1. The fraction of sp³-hybridized carbons (Fsp3) is 0.500. The van der Waals surface area contributed by atoms with Crippen LogP contribution in [0.3, 0.4) is 0 Å². The number of ether oxygens (including phenoxy) is 1. The number of Topliss-reactive ketones (excluding diaryl/α,β-unsaturated/α-hetero) is 1. The van der Waals surface area contributed by atoms with E-state index in [-0.39, 0.29) is 18.0 Å². The summed E-state index contributed by atoms with van der Waals surface area (Å²) in [6, 6.07) is 1.82. The lowest BCUT2D eigenvalue weighted by atomic mass is 10.1. The van der Waals surface area contributed by atoms with Crippen molar-refractivity contribution in [3.05, 3.63) is 29.6 Å². The highest BCUT2D eigenvalue weighted by atomic mass is 16.5. The molecule has 0 fully saturated rings. The first-order valence-corrected chi connectivity index (χ1v) is 4.98. The van der Waals surface area contributed by atoms with Crippen molar-refractivity contribution in [1.82, 2.24) is 4.98 Å². The molecule has 0 spiro atoms. The average molecular weight is 207 g/mol. The smallest absolute Gasteiger partial charge is 0.190 e. The van der Waals surface area contributed by atoms with Gasteiger partial charge in [0.25, 0.3) is 0 Å². The predicted octanol–water partition coefficient (Wildman–Crippen LogP) is 2.39. The second-order valence-corrected chi connectivity index (χ2v) is 4.51. The van der Waals surface area contributed by atoms with Crippen LogP contribution in [0.5, 0.6) is 0 Å². The zero-order valence-electron chi connectivity index (χ0n) is 9.70. The van der Waals surface area contributed by atoms with Crippen LogP contribution in [0.25, 0.3) is 0 Å². The van der Waals surface area contributed by atoms with Gasteiger partial charge < -0.3 is 4.74 Å². The van der Waals surface area contributed by atoms with Crippen molar-refractivity contribution in [3.63, 3.8) is 0 Å². The largest absolute Gasteiger partial charge is 0.368 e. The van der Waals surface area contributed by atoms with Crippen LogP contribution in [0.15, 0.2) is 18.5 Å². The van der Waals surface area contributed by atoms with Gasteiger partial charge in [-0.2, -0.15) is 0 Å². The molecular formula is C12H17NO2. The van der Waals surface area contributed by atoms with Crippen LogP contribution < -0.4 is 0 Å². The summed E-state index contributed by atoms with van der Waals surface area (Å²) in [5, 5.41) is 0. The number of pyridine rings is 1. The highest BCUT2D eigenvalue weighted by Crippen LogP contribution is 2.10. The predicted molar refractivity (Wildman–Crippen MR) is 59.0 cm³/mol. The van der Waals surface area contributed by atoms with E-state index in [0.29, 0.717) is 5.56 Å². The summed E-state index contributed by atoms with van der Waals surface area (Å²) in [7, 11) is 0. The number of rotatable bonds is 3. The van der Waals surface area contributed by atoms with Crippen molar-refractivity contribution in [3.8, 4) is 0 Å². The van der Waals surface area contributed by atoms with Gasteiger partial charge in [-0.1, -0.05) is 0 Å². The van der Waals surface area contributed by atoms with Gasteiger partial charge in [0, 0.05) is 18.0 Å². The zero-order chi connectivity index (χ0) is 11.5. The van der Waals surface area contributed by atoms with E-state index in [1.54, 1.807) is 12.4 Å². The number of ketones is 1. The van der Waals surface area contributed by atoms with Crippen LogP contribution in [-0.4, -0.2) is 23.0 Å². The molecule has 0 aliphatic rings. The Morgan fingerprint density at radius 2 is 2.13 bits per heavy atom. The van der Waals surface area contributed by atoms with E-state index in [2.05, 4.69) is 4.98 Å². The summed E-state index contributed by atoms with van der Waals surface area (Å²) in [5.74, 6) is -0.0180. The van der Waals surface area contributed by atoms with Crippen LogP contribution in [-0.2, 0) is 4.74 Å². The number of carbonyl (C=O) groups is 1. The SMILES string of the molecule is Cc1ccncc1C(=O)COC(C)(C)C. The topological polar surface area (TPSA) is 39.2 Å². The number of hydrogen-bond acceptors (Lipinski definition) is 3. The monoisotopic (exact) mass is 207 g/mol. The van der Waals surface area contributed by atoms with Gasteiger partial charge in [-0.3, -0.25) is 9.78 Å². The Balaban J connectivity index is 2.66. The Bertz CT molecular complexity index is 353. The number of nitrogens with zero attached hydrogens (tertiary/aromatic N) is 1. The van der Waals surface area contributed by atoms with Crippen molar-refractivity contribution in [1.29, 1.82) is 0 Å². The molecule has 3 heteroatoms. The second kappa shape index (κ2) is 4.53. The Labute approximate surface area is 90.5 Å². The van der Waals surface area contributed by atoms with Gasteiger partial charge in [0.2, 0.25) is 0 Å². The molecule has 1 aromatic rings. The van der Waals surface area contributed by atoms with Gasteiger partial charge >= 0.3 is 0 Å². The van der Waals surface area contributed by atoms with Crippen LogP contribution in [0.2, 0.25) is 0 Å². The van der Waals surface area contributed by atoms with Gasteiger partial charge in [0.1, 0.15) is 6.61 Å². The second-order valence-electron chi connectivity index (χ2n) is 4.51. The number of hydrogen-bond donors (Lipinski definition) is 0. The quantitative estimate of drug-likeness (QED) is 0.714. The summed E-state index contributed by atoms with van der Waals surface area (Å²) >= 11 is 0. The molecule has 0 unspecified atom stereocenters. The normalized spacial score (nSPS) is 11.5.